The molecule has 0 saturated carbocycles. The van der Waals surface area contributed by atoms with Crippen LogP contribution in [0.15, 0.2) is 15.9 Å². The van der Waals surface area contributed by atoms with Gasteiger partial charge in [-0.2, -0.15) is 0 Å². The largest absolute Gasteiger partial charge is 0.309 e. The molecule has 1 aromatic heterocycles. The second kappa shape index (κ2) is 9.11. The molecule has 1 nitrogen and oxygen atoms in total. The van der Waals surface area contributed by atoms with Crippen LogP contribution >= 0.6 is 27.3 Å². The van der Waals surface area contributed by atoms with E-state index in [1.807, 2.05) is 11.3 Å². The first-order valence-corrected chi connectivity index (χ1v) is 8.86. The van der Waals surface area contributed by atoms with Crippen molar-refractivity contribution in [2.24, 2.45) is 5.92 Å². The molecule has 2 atom stereocenters. The van der Waals surface area contributed by atoms with Gasteiger partial charge in [0.05, 0.1) is 0 Å². The van der Waals surface area contributed by atoms with Gasteiger partial charge < -0.3 is 5.32 Å². The maximum Gasteiger partial charge on any atom is 0.0428 e. The fraction of sp³-hybridized carbons (Fsp3) is 0.733. The average molecular weight is 332 g/mol. The van der Waals surface area contributed by atoms with Crippen molar-refractivity contribution in [1.82, 2.24) is 5.32 Å². The summed E-state index contributed by atoms with van der Waals surface area (Å²) in [7, 11) is 0. The van der Waals surface area contributed by atoms with Crippen molar-refractivity contribution in [2.45, 2.75) is 58.9 Å². The maximum atomic E-state index is 3.67. The highest BCUT2D eigenvalue weighted by atomic mass is 79.9. The normalized spacial score (nSPS) is 14.7. The first kappa shape index (κ1) is 16.2. The molecule has 0 aliphatic rings. The van der Waals surface area contributed by atoms with E-state index in [0.717, 1.165) is 12.5 Å². The SMILES string of the molecule is CCCCC(CC)CC(NCC)c1sccc1Br. The third-order valence-corrected chi connectivity index (χ3v) is 5.51. The molecule has 0 aliphatic heterocycles. The van der Waals surface area contributed by atoms with Crippen LogP contribution in [0.4, 0.5) is 0 Å². The Morgan fingerprint density at radius 1 is 1.33 bits per heavy atom. The Hall–Kier alpha value is 0.140. The lowest BCUT2D eigenvalue weighted by molar-refractivity contribution is 0.359. The van der Waals surface area contributed by atoms with Gasteiger partial charge in [-0.3, -0.25) is 0 Å². The van der Waals surface area contributed by atoms with Crippen LogP contribution in [0, 0.1) is 5.92 Å². The van der Waals surface area contributed by atoms with Crippen molar-refractivity contribution in [2.75, 3.05) is 6.54 Å². The van der Waals surface area contributed by atoms with Crippen molar-refractivity contribution >= 4 is 27.3 Å². The van der Waals surface area contributed by atoms with Crippen LogP contribution in [-0.4, -0.2) is 6.54 Å². The van der Waals surface area contributed by atoms with E-state index in [9.17, 15) is 0 Å². The minimum Gasteiger partial charge on any atom is -0.309 e. The second-order valence-corrected chi connectivity index (χ2v) is 6.70. The van der Waals surface area contributed by atoms with Gasteiger partial charge in [0, 0.05) is 15.4 Å². The summed E-state index contributed by atoms with van der Waals surface area (Å²) in [5.74, 6) is 0.850. The number of nitrogens with one attached hydrogen (secondary N) is 1. The molecule has 3 heteroatoms. The summed E-state index contributed by atoms with van der Waals surface area (Å²) >= 11 is 5.54. The summed E-state index contributed by atoms with van der Waals surface area (Å²) < 4.78 is 1.27. The summed E-state index contributed by atoms with van der Waals surface area (Å²) in [6, 6.07) is 2.68. The van der Waals surface area contributed by atoms with Crippen molar-refractivity contribution in [1.29, 1.82) is 0 Å². The Morgan fingerprint density at radius 2 is 2.11 bits per heavy atom. The molecule has 1 rings (SSSR count). The second-order valence-electron chi connectivity index (χ2n) is 4.90. The van der Waals surface area contributed by atoms with E-state index in [4.69, 9.17) is 0 Å². The standard InChI is InChI=1S/C15H26BrNS/c1-4-7-8-12(5-2)11-14(17-6-3)15-13(16)9-10-18-15/h9-10,12,14,17H,4-8,11H2,1-3H3. The first-order valence-electron chi connectivity index (χ1n) is 7.19. The van der Waals surface area contributed by atoms with Gasteiger partial charge in [-0.15, -0.1) is 11.3 Å². The maximum absolute atomic E-state index is 3.67. The van der Waals surface area contributed by atoms with Crippen LogP contribution in [0.2, 0.25) is 0 Å². The molecule has 0 spiro atoms. The Labute approximate surface area is 125 Å². The molecule has 0 fully saturated rings. The Bertz CT molecular complexity index is 324. The minimum absolute atomic E-state index is 0.520. The van der Waals surface area contributed by atoms with Gasteiger partial charge in [0.25, 0.3) is 0 Å². The molecule has 2 unspecified atom stereocenters. The van der Waals surface area contributed by atoms with E-state index >= 15 is 0 Å². The molecule has 1 aromatic rings. The van der Waals surface area contributed by atoms with Crippen LogP contribution in [0.25, 0.3) is 0 Å². The van der Waals surface area contributed by atoms with E-state index in [2.05, 4.69) is 53.5 Å². The van der Waals surface area contributed by atoms with E-state index in [1.54, 1.807) is 0 Å². The number of hydrogen-bond acceptors (Lipinski definition) is 2. The monoisotopic (exact) mass is 331 g/mol. The molecule has 0 radical (unpaired) electrons. The van der Waals surface area contributed by atoms with Crippen LogP contribution in [0.5, 0.6) is 0 Å². The van der Waals surface area contributed by atoms with Gasteiger partial charge in [-0.25, -0.2) is 0 Å². The van der Waals surface area contributed by atoms with Crippen molar-refractivity contribution in [3.05, 3.63) is 20.8 Å². The number of halogens is 1. The van der Waals surface area contributed by atoms with E-state index in [0.29, 0.717) is 6.04 Å². The molecule has 0 saturated heterocycles. The van der Waals surface area contributed by atoms with E-state index < -0.39 is 0 Å². The Kier molecular flexibility index (Phi) is 8.20. The van der Waals surface area contributed by atoms with Crippen molar-refractivity contribution in [3.63, 3.8) is 0 Å². The lowest BCUT2D eigenvalue weighted by atomic mass is 9.91. The molecular formula is C15H26BrNS. The number of thiophene rings is 1. The van der Waals surface area contributed by atoms with Gasteiger partial charge in [0.15, 0.2) is 0 Å². The number of rotatable bonds is 9. The predicted molar refractivity (Wildman–Crippen MR) is 86.4 cm³/mol. The Morgan fingerprint density at radius 3 is 2.61 bits per heavy atom. The number of hydrogen-bond donors (Lipinski definition) is 1. The predicted octanol–water partition coefficient (Wildman–Crippen LogP) is 5.77. The highest BCUT2D eigenvalue weighted by Gasteiger charge is 2.19. The third kappa shape index (κ3) is 5.02. The van der Waals surface area contributed by atoms with E-state index in [-0.39, 0.29) is 0 Å². The summed E-state index contributed by atoms with van der Waals surface area (Å²) in [5.41, 5.74) is 0. The molecule has 0 bridgehead atoms. The molecular weight excluding hydrogens is 306 g/mol. The topological polar surface area (TPSA) is 12.0 Å². The van der Waals surface area contributed by atoms with Gasteiger partial charge >= 0.3 is 0 Å². The van der Waals surface area contributed by atoms with Gasteiger partial charge in [-0.05, 0) is 46.3 Å². The smallest absolute Gasteiger partial charge is 0.0428 e. The zero-order chi connectivity index (χ0) is 13.4. The van der Waals surface area contributed by atoms with Crippen LogP contribution in [-0.2, 0) is 0 Å². The summed E-state index contributed by atoms with van der Waals surface area (Å²) in [5, 5.41) is 5.82. The van der Waals surface area contributed by atoms with Gasteiger partial charge in [0.1, 0.15) is 0 Å². The molecule has 0 aromatic carbocycles. The van der Waals surface area contributed by atoms with Crippen LogP contribution < -0.4 is 5.32 Å². The summed E-state index contributed by atoms with van der Waals surface area (Å²) in [4.78, 5) is 1.46. The molecule has 104 valence electrons. The van der Waals surface area contributed by atoms with Crippen LogP contribution in [0.1, 0.15) is 63.8 Å². The average Bonchev–Trinajstić information content (AvgIpc) is 2.79. The molecule has 18 heavy (non-hydrogen) atoms. The van der Waals surface area contributed by atoms with Crippen molar-refractivity contribution < 1.29 is 0 Å². The first-order chi connectivity index (χ1) is 8.72. The lowest BCUT2D eigenvalue weighted by Crippen LogP contribution is -2.23. The Balaban J connectivity index is 2.64. The highest BCUT2D eigenvalue weighted by Crippen LogP contribution is 2.34. The lowest BCUT2D eigenvalue weighted by Gasteiger charge is -2.23. The van der Waals surface area contributed by atoms with E-state index in [1.165, 1.54) is 41.5 Å². The quantitative estimate of drug-likeness (QED) is 0.605. The zero-order valence-electron chi connectivity index (χ0n) is 11.8. The summed E-state index contributed by atoms with van der Waals surface area (Å²) in [6.45, 7) is 7.85. The zero-order valence-corrected chi connectivity index (χ0v) is 14.2. The fourth-order valence-electron chi connectivity index (χ4n) is 2.40. The molecule has 0 aliphatic carbocycles. The summed E-state index contributed by atoms with van der Waals surface area (Å²) in [6.07, 6.45) is 6.61. The van der Waals surface area contributed by atoms with Gasteiger partial charge in [-0.1, -0.05) is 46.5 Å². The molecule has 1 N–H and O–H groups in total. The fourth-order valence-corrected chi connectivity index (χ4v) is 4.14. The highest BCUT2D eigenvalue weighted by molar-refractivity contribution is 9.10. The van der Waals surface area contributed by atoms with Crippen molar-refractivity contribution in [3.8, 4) is 0 Å². The number of unbranched alkanes of at least 4 members (excludes halogenated alkanes) is 1. The third-order valence-electron chi connectivity index (χ3n) is 3.52. The molecule has 0 amide bonds. The van der Waals surface area contributed by atoms with Crippen LogP contribution in [0.3, 0.4) is 0 Å². The molecule has 1 heterocycles. The minimum atomic E-state index is 0.520. The van der Waals surface area contributed by atoms with Gasteiger partial charge in [0.2, 0.25) is 0 Å².